The first kappa shape index (κ1) is 84.2. The van der Waals surface area contributed by atoms with Crippen molar-refractivity contribution < 1.29 is 89.4 Å². The largest absolute Gasteiger partial charge is 0.394 e. The van der Waals surface area contributed by atoms with E-state index in [1.165, 1.54) is 167 Å². The highest BCUT2D eigenvalue weighted by molar-refractivity contribution is 5.76. The Morgan fingerprint density at radius 3 is 1.17 bits per heavy atom. The number of hydrogen-bond acceptors (Lipinski definition) is 18. The van der Waals surface area contributed by atoms with Gasteiger partial charge in [-0.2, -0.15) is 0 Å². The zero-order valence-electron chi connectivity index (χ0n) is 57.3. The number of aliphatic hydroxyl groups is 11. The number of allylic oxidation sites excluding steroid dienone is 6. The molecule has 0 aromatic heterocycles. The fourth-order valence-corrected chi connectivity index (χ4v) is 12.7. The Labute approximate surface area is 555 Å². The maximum atomic E-state index is 13.4. The molecule has 3 fully saturated rings. The third kappa shape index (κ3) is 36.0. The highest BCUT2D eigenvalue weighted by Gasteiger charge is 2.53. The molecule has 12 N–H and O–H groups in total. The van der Waals surface area contributed by atoms with Gasteiger partial charge in [-0.05, 0) is 44.9 Å². The summed E-state index contributed by atoms with van der Waals surface area (Å²) in [7, 11) is 0. The van der Waals surface area contributed by atoms with Crippen LogP contribution < -0.4 is 5.32 Å². The van der Waals surface area contributed by atoms with E-state index < -0.39 is 124 Å². The summed E-state index contributed by atoms with van der Waals surface area (Å²) in [6.45, 7) is 1.71. The van der Waals surface area contributed by atoms with Crippen molar-refractivity contribution in [3.05, 3.63) is 36.5 Å². The van der Waals surface area contributed by atoms with Crippen molar-refractivity contribution >= 4 is 5.91 Å². The maximum Gasteiger partial charge on any atom is 0.220 e. The van der Waals surface area contributed by atoms with Crippen LogP contribution in [0.3, 0.4) is 0 Å². The molecule has 17 atom stereocenters. The number of hydrogen-bond donors (Lipinski definition) is 12. The lowest BCUT2D eigenvalue weighted by molar-refractivity contribution is -0.379. The number of ether oxygens (including phenoxy) is 6. The molecule has 0 aromatic carbocycles. The van der Waals surface area contributed by atoms with E-state index in [1.54, 1.807) is 0 Å². The van der Waals surface area contributed by atoms with Crippen molar-refractivity contribution in [2.45, 2.75) is 394 Å². The van der Waals surface area contributed by atoms with Gasteiger partial charge in [-0.25, -0.2) is 0 Å². The molecule has 3 rings (SSSR count). The SMILES string of the molecule is CC/C=C\C/C=C\C/C=C\CCCCCCCCCC(=O)NC(COC1OC(CO)C(OC2OC(CO)C(OC3OC(CO)C(O)C(O)C3O)C(O)C2O)C(O)C1O)C(O)CCCCCCCCCCCCCCCCCCCCCCCCCCCCCCCC. The summed E-state index contributed by atoms with van der Waals surface area (Å²) in [4.78, 5) is 13.4. The van der Waals surface area contributed by atoms with Crippen LogP contribution in [0.5, 0.6) is 0 Å². The van der Waals surface area contributed by atoms with Gasteiger partial charge in [-0.1, -0.05) is 275 Å². The van der Waals surface area contributed by atoms with Gasteiger partial charge in [0, 0.05) is 6.42 Å². The fraction of sp³-hybridized carbons (Fsp3) is 0.904. The molecule has 19 nitrogen and oxygen atoms in total. The van der Waals surface area contributed by atoms with E-state index in [0.717, 1.165) is 89.9 Å². The Bertz CT molecular complexity index is 1810. The Morgan fingerprint density at radius 2 is 0.750 bits per heavy atom. The first-order chi connectivity index (χ1) is 44.8. The smallest absolute Gasteiger partial charge is 0.220 e. The van der Waals surface area contributed by atoms with Gasteiger partial charge >= 0.3 is 0 Å². The Morgan fingerprint density at radius 1 is 0.402 bits per heavy atom. The Balaban J connectivity index is 1.38. The van der Waals surface area contributed by atoms with Crippen LogP contribution in [0.4, 0.5) is 0 Å². The van der Waals surface area contributed by atoms with Crippen LogP contribution in [-0.4, -0.2) is 193 Å². The molecule has 3 saturated heterocycles. The lowest BCUT2D eigenvalue weighted by atomic mass is 9.96. The average molecular weight is 1310 g/mol. The summed E-state index contributed by atoms with van der Waals surface area (Å²) in [5.74, 6) is -0.250. The standard InChI is InChI=1S/C73H135NO18/c1-3-5-7-9-11-13-15-17-19-21-22-23-24-25-26-27-28-29-30-31-32-33-35-36-38-40-42-44-46-48-50-57(78)56(74-61(79)51-49-47-45-43-41-39-37-34-20-18-16-14-12-10-8-6-4-2)55-87-71-67(85)64(82)69(59(53-76)89-71)92-73-68(86)65(83)70(60(54-77)90-73)91-72-66(84)63(81)62(80)58(52-75)88-72/h6,8,12,14,18,20,56-60,62-73,75-78,80-86H,3-5,7,9-11,13,15-17,19,21-55H2,1-2H3,(H,74,79)/b8-6-,14-12-,20-18-. The van der Waals surface area contributed by atoms with Crippen LogP contribution >= 0.6 is 0 Å². The van der Waals surface area contributed by atoms with E-state index in [1.807, 2.05) is 0 Å². The van der Waals surface area contributed by atoms with Gasteiger partial charge in [0.15, 0.2) is 18.9 Å². The quantitative estimate of drug-likeness (QED) is 0.0199. The third-order valence-electron chi connectivity index (χ3n) is 18.7. The van der Waals surface area contributed by atoms with Crippen LogP contribution in [0.15, 0.2) is 36.5 Å². The predicted molar refractivity (Wildman–Crippen MR) is 360 cm³/mol. The van der Waals surface area contributed by atoms with Crippen LogP contribution in [-0.2, 0) is 33.2 Å². The van der Waals surface area contributed by atoms with Crippen molar-refractivity contribution in [3.8, 4) is 0 Å². The number of carbonyl (C=O) groups is 1. The van der Waals surface area contributed by atoms with E-state index in [2.05, 4.69) is 55.6 Å². The molecule has 92 heavy (non-hydrogen) atoms. The lowest BCUT2D eigenvalue weighted by Gasteiger charge is -2.48. The van der Waals surface area contributed by atoms with Crippen LogP contribution in [0.25, 0.3) is 0 Å². The molecule has 0 aliphatic carbocycles. The number of rotatable bonds is 58. The minimum absolute atomic E-state index is 0.250. The lowest BCUT2D eigenvalue weighted by Crippen LogP contribution is -2.66. The second-order valence-corrected chi connectivity index (χ2v) is 26.7. The van der Waals surface area contributed by atoms with Gasteiger partial charge in [0.25, 0.3) is 0 Å². The summed E-state index contributed by atoms with van der Waals surface area (Å²) in [5, 5.41) is 121. The summed E-state index contributed by atoms with van der Waals surface area (Å²) in [6.07, 6.45) is 38.1. The molecule has 540 valence electrons. The molecule has 1 amide bonds. The number of unbranched alkanes of at least 4 members (excludes halogenated alkanes) is 36. The van der Waals surface area contributed by atoms with Gasteiger partial charge < -0.3 is 89.9 Å². The highest BCUT2D eigenvalue weighted by Crippen LogP contribution is 2.33. The van der Waals surface area contributed by atoms with Gasteiger partial charge in [-0.3, -0.25) is 4.79 Å². The zero-order valence-corrected chi connectivity index (χ0v) is 57.3. The highest BCUT2D eigenvalue weighted by atomic mass is 16.8. The van der Waals surface area contributed by atoms with Crippen molar-refractivity contribution in [2.24, 2.45) is 0 Å². The van der Waals surface area contributed by atoms with E-state index in [0.29, 0.717) is 12.8 Å². The van der Waals surface area contributed by atoms with Crippen LogP contribution in [0, 0.1) is 0 Å². The number of aliphatic hydroxyl groups excluding tert-OH is 11. The van der Waals surface area contributed by atoms with Crippen molar-refractivity contribution in [2.75, 3.05) is 26.4 Å². The second kappa shape index (κ2) is 55.0. The minimum atomic E-state index is -1.97. The van der Waals surface area contributed by atoms with E-state index in [4.69, 9.17) is 28.4 Å². The van der Waals surface area contributed by atoms with Crippen molar-refractivity contribution in [3.63, 3.8) is 0 Å². The fourth-order valence-electron chi connectivity index (χ4n) is 12.7. The number of nitrogens with one attached hydrogen (secondary N) is 1. The zero-order chi connectivity index (χ0) is 66.8. The van der Waals surface area contributed by atoms with Gasteiger partial charge in [0.1, 0.15) is 73.2 Å². The van der Waals surface area contributed by atoms with E-state index in [9.17, 15) is 61.0 Å². The summed E-state index contributed by atoms with van der Waals surface area (Å²) < 4.78 is 34.4. The molecule has 0 bridgehead atoms. The summed E-state index contributed by atoms with van der Waals surface area (Å²) >= 11 is 0. The third-order valence-corrected chi connectivity index (χ3v) is 18.7. The number of amides is 1. The molecule has 0 spiro atoms. The molecule has 17 unspecified atom stereocenters. The van der Waals surface area contributed by atoms with E-state index >= 15 is 0 Å². The molecule has 0 radical (unpaired) electrons. The number of carbonyl (C=O) groups excluding carboxylic acids is 1. The Hall–Kier alpha value is -1.99. The Kier molecular flexibility index (Phi) is 50.3. The molecule has 19 heteroatoms. The minimum Gasteiger partial charge on any atom is -0.394 e. The van der Waals surface area contributed by atoms with Crippen molar-refractivity contribution in [1.29, 1.82) is 0 Å². The molecule has 3 aliphatic heterocycles. The molecular formula is C73H135NO18. The second-order valence-electron chi connectivity index (χ2n) is 26.7. The van der Waals surface area contributed by atoms with Crippen LogP contribution in [0.1, 0.15) is 290 Å². The molecule has 0 saturated carbocycles. The maximum absolute atomic E-state index is 13.4. The van der Waals surface area contributed by atoms with E-state index in [-0.39, 0.29) is 18.9 Å². The first-order valence-corrected chi connectivity index (χ1v) is 37.2. The van der Waals surface area contributed by atoms with Gasteiger partial charge in [0.2, 0.25) is 5.91 Å². The molecule has 0 aromatic rings. The topological polar surface area (TPSA) is 307 Å². The summed E-state index contributed by atoms with van der Waals surface area (Å²) in [5.41, 5.74) is 0. The first-order valence-electron chi connectivity index (χ1n) is 37.2. The van der Waals surface area contributed by atoms with Gasteiger partial charge in [-0.15, -0.1) is 0 Å². The van der Waals surface area contributed by atoms with Gasteiger partial charge in [0.05, 0.1) is 38.6 Å². The predicted octanol–water partition coefficient (Wildman–Crippen LogP) is 10.8. The summed E-state index contributed by atoms with van der Waals surface area (Å²) in [6, 6.07) is -0.894. The normalized spacial score (nSPS) is 27.9. The molecule has 3 heterocycles. The molecule has 3 aliphatic rings. The average Bonchev–Trinajstić information content (AvgIpc) is 0.838. The monoisotopic (exact) mass is 1310 g/mol. The van der Waals surface area contributed by atoms with Crippen molar-refractivity contribution in [1.82, 2.24) is 5.32 Å². The van der Waals surface area contributed by atoms with Crippen LogP contribution in [0.2, 0.25) is 0 Å². The molecular weight excluding hydrogens is 1180 g/mol.